The molecule has 0 aliphatic rings. The number of nitrogens with zero attached hydrogens (tertiary/aromatic N) is 2. The van der Waals surface area contributed by atoms with Crippen LogP contribution in [0, 0.1) is 0 Å². The lowest BCUT2D eigenvalue weighted by Gasteiger charge is -2.23. The minimum Gasteiger partial charge on any atom is -0.497 e. The van der Waals surface area contributed by atoms with Gasteiger partial charge < -0.3 is 14.1 Å². The monoisotopic (exact) mass is 372 g/mol. The van der Waals surface area contributed by atoms with Gasteiger partial charge in [-0.3, -0.25) is 9.78 Å². The number of fused-ring (bicyclic) bond motifs is 1. The van der Waals surface area contributed by atoms with Crippen molar-refractivity contribution < 1.29 is 13.9 Å². The van der Waals surface area contributed by atoms with E-state index in [1.165, 1.54) is 0 Å². The molecule has 0 atom stereocenters. The highest BCUT2D eigenvalue weighted by Crippen LogP contribution is 2.24. The first-order valence-corrected chi connectivity index (χ1v) is 9.02. The smallest absolute Gasteiger partial charge is 0.258 e. The molecule has 140 valence electrons. The molecule has 0 fully saturated rings. The average Bonchev–Trinajstić information content (AvgIpc) is 3.18. The lowest BCUT2D eigenvalue weighted by Crippen LogP contribution is -2.30. The Morgan fingerprint density at radius 3 is 2.36 bits per heavy atom. The van der Waals surface area contributed by atoms with Crippen LogP contribution in [0.5, 0.6) is 5.75 Å². The number of aromatic nitrogens is 1. The molecule has 0 unspecified atom stereocenters. The molecule has 2 aromatic heterocycles. The summed E-state index contributed by atoms with van der Waals surface area (Å²) in [7, 11) is 1.64. The van der Waals surface area contributed by atoms with Gasteiger partial charge in [0, 0.05) is 30.9 Å². The number of hydrogen-bond acceptors (Lipinski definition) is 4. The van der Waals surface area contributed by atoms with E-state index < -0.39 is 0 Å². The first-order chi connectivity index (χ1) is 13.7. The van der Waals surface area contributed by atoms with Crippen LogP contribution in [-0.2, 0) is 13.1 Å². The maximum Gasteiger partial charge on any atom is 0.258 e. The number of pyridine rings is 1. The van der Waals surface area contributed by atoms with Gasteiger partial charge in [-0.25, -0.2) is 0 Å². The van der Waals surface area contributed by atoms with Gasteiger partial charge in [0.2, 0.25) is 0 Å². The van der Waals surface area contributed by atoms with Gasteiger partial charge in [0.25, 0.3) is 5.91 Å². The van der Waals surface area contributed by atoms with Crippen molar-refractivity contribution in [1.82, 2.24) is 9.88 Å². The normalized spacial score (nSPS) is 10.8. The minimum absolute atomic E-state index is 0.0717. The van der Waals surface area contributed by atoms with Crippen LogP contribution in [0.25, 0.3) is 11.0 Å². The number of hydrogen-bond donors (Lipinski definition) is 0. The third-order valence-electron chi connectivity index (χ3n) is 4.65. The first-order valence-electron chi connectivity index (χ1n) is 9.02. The fourth-order valence-corrected chi connectivity index (χ4v) is 3.17. The predicted molar refractivity (Wildman–Crippen MR) is 107 cm³/mol. The molecule has 28 heavy (non-hydrogen) atoms. The van der Waals surface area contributed by atoms with Crippen molar-refractivity contribution in [2.24, 2.45) is 0 Å². The molecule has 0 bridgehead atoms. The molecule has 2 aromatic carbocycles. The number of rotatable bonds is 6. The van der Waals surface area contributed by atoms with Crippen molar-refractivity contribution >= 4 is 16.9 Å². The van der Waals surface area contributed by atoms with E-state index in [-0.39, 0.29) is 5.91 Å². The Morgan fingerprint density at radius 2 is 1.64 bits per heavy atom. The molecule has 4 aromatic rings. The fourth-order valence-electron chi connectivity index (χ4n) is 3.17. The molecule has 5 heteroatoms. The van der Waals surface area contributed by atoms with E-state index >= 15 is 0 Å². The number of para-hydroxylation sites is 1. The Morgan fingerprint density at radius 1 is 0.964 bits per heavy atom. The molecular weight excluding hydrogens is 352 g/mol. The molecule has 4 rings (SSSR count). The number of carbonyl (C=O) groups excluding carboxylic acids is 1. The van der Waals surface area contributed by atoms with Crippen molar-refractivity contribution in [2.75, 3.05) is 7.11 Å². The second-order valence-corrected chi connectivity index (χ2v) is 6.51. The van der Waals surface area contributed by atoms with Crippen LogP contribution in [0.4, 0.5) is 0 Å². The average molecular weight is 372 g/mol. The van der Waals surface area contributed by atoms with E-state index in [1.54, 1.807) is 25.8 Å². The Kier molecular flexibility index (Phi) is 5.06. The van der Waals surface area contributed by atoms with E-state index in [4.69, 9.17) is 9.15 Å². The quantitative estimate of drug-likeness (QED) is 0.493. The van der Waals surface area contributed by atoms with Gasteiger partial charge in [-0.2, -0.15) is 0 Å². The summed E-state index contributed by atoms with van der Waals surface area (Å²) in [6.07, 6.45) is 5.01. The van der Waals surface area contributed by atoms with E-state index in [1.807, 2.05) is 65.6 Å². The van der Waals surface area contributed by atoms with Crippen LogP contribution in [-0.4, -0.2) is 22.9 Å². The van der Waals surface area contributed by atoms with E-state index in [9.17, 15) is 4.79 Å². The van der Waals surface area contributed by atoms with Crippen LogP contribution in [0.1, 0.15) is 21.5 Å². The molecule has 0 aliphatic carbocycles. The molecule has 0 N–H and O–H groups in total. The van der Waals surface area contributed by atoms with Crippen LogP contribution in [0.15, 0.2) is 83.7 Å². The Hall–Kier alpha value is -3.60. The SMILES string of the molecule is COc1ccc(CN(Cc2ccncc2)C(=O)c2coc3ccccc23)cc1. The number of carbonyl (C=O) groups is 1. The second kappa shape index (κ2) is 7.96. The van der Waals surface area contributed by atoms with E-state index in [2.05, 4.69) is 4.98 Å². The number of methoxy groups -OCH3 is 1. The number of furan rings is 1. The largest absolute Gasteiger partial charge is 0.497 e. The summed E-state index contributed by atoms with van der Waals surface area (Å²) in [5.74, 6) is 0.717. The summed E-state index contributed by atoms with van der Waals surface area (Å²) in [6.45, 7) is 0.956. The highest BCUT2D eigenvalue weighted by atomic mass is 16.5. The molecule has 0 saturated heterocycles. The second-order valence-electron chi connectivity index (χ2n) is 6.51. The standard InChI is InChI=1S/C23H20N2O3/c1-27-19-8-6-17(7-9-19)14-25(15-18-10-12-24-13-11-18)23(26)21-16-28-22-5-3-2-4-20(21)22/h2-13,16H,14-15H2,1H3. The Labute approximate surface area is 163 Å². The summed E-state index contributed by atoms with van der Waals surface area (Å²) in [4.78, 5) is 19.3. The lowest BCUT2D eigenvalue weighted by molar-refractivity contribution is 0.0731. The van der Waals surface area contributed by atoms with Crippen LogP contribution in [0.3, 0.4) is 0 Å². The zero-order chi connectivity index (χ0) is 19.3. The summed E-state index contributed by atoms with van der Waals surface area (Å²) < 4.78 is 10.8. The van der Waals surface area contributed by atoms with Crippen molar-refractivity contribution in [2.45, 2.75) is 13.1 Å². The van der Waals surface area contributed by atoms with Gasteiger partial charge in [-0.1, -0.05) is 30.3 Å². The molecule has 1 amide bonds. The highest BCUT2D eigenvalue weighted by molar-refractivity contribution is 6.05. The van der Waals surface area contributed by atoms with Crippen LogP contribution >= 0.6 is 0 Å². The molecule has 2 heterocycles. The maximum absolute atomic E-state index is 13.4. The van der Waals surface area contributed by atoms with Gasteiger partial charge >= 0.3 is 0 Å². The molecule has 5 nitrogen and oxygen atoms in total. The molecule has 0 spiro atoms. The number of benzene rings is 2. The Bertz CT molecular complexity index is 1070. The van der Waals surface area contributed by atoms with Crippen molar-refractivity contribution in [3.05, 3.63) is 96.0 Å². The maximum atomic E-state index is 13.4. The fraction of sp³-hybridized carbons (Fsp3) is 0.130. The van der Waals surface area contributed by atoms with Crippen LogP contribution < -0.4 is 4.74 Å². The summed E-state index contributed by atoms with van der Waals surface area (Å²) in [5, 5.41) is 0.821. The van der Waals surface area contributed by atoms with Gasteiger partial charge in [-0.15, -0.1) is 0 Å². The number of ether oxygens (including phenoxy) is 1. The van der Waals surface area contributed by atoms with Gasteiger partial charge in [0.15, 0.2) is 0 Å². The summed E-state index contributed by atoms with van der Waals surface area (Å²) in [5.41, 5.74) is 3.32. The predicted octanol–water partition coefficient (Wildman–Crippen LogP) is 4.68. The zero-order valence-electron chi connectivity index (χ0n) is 15.5. The zero-order valence-corrected chi connectivity index (χ0v) is 15.5. The molecule has 0 aliphatic heterocycles. The minimum atomic E-state index is -0.0717. The third kappa shape index (κ3) is 3.74. The Balaban J connectivity index is 1.66. The number of amides is 1. The van der Waals surface area contributed by atoms with Gasteiger partial charge in [0.05, 0.1) is 12.7 Å². The van der Waals surface area contributed by atoms with Crippen molar-refractivity contribution in [1.29, 1.82) is 0 Å². The van der Waals surface area contributed by atoms with Gasteiger partial charge in [0.1, 0.15) is 17.6 Å². The first kappa shape index (κ1) is 17.8. The van der Waals surface area contributed by atoms with Crippen LogP contribution in [0.2, 0.25) is 0 Å². The molecule has 0 saturated carbocycles. The van der Waals surface area contributed by atoms with Gasteiger partial charge in [-0.05, 0) is 41.5 Å². The van der Waals surface area contributed by atoms with E-state index in [0.717, 1.165) is 22.3 Å². The molecular formula is C23H20N2O3. The third-order valence-corrected chi connectivity index (χ3v) is 4.65. The topological polar surface area (TPSA) is 55.6 Å². The van der Waals surface area contributed by atoms with E-state index in [0.29, 0.717) is 24.2 Å². The summed E-state index contributed by atoms with van der Waals surface area (Å²) >= 11 is 0. The van der Waals surface area contributed by atoms with Crippen molar-refractivity contribution in [3.63, 3.8) is 0 Å². The van der Waals surface area contributed by atoms with Crippen molar-refractivity contribution in [3.8, 4) is 5.75 Å². The lowest BCUT2D eigenvalue weighted by atomic mass is 10.1. The molecule has 0 radical (unpaired) electrons. The highest BCUT2D eigenvalue weighted by Gasteiger charge is 2.21. The summed E-state index contributed by atoms with van der Waals surface area (Å²) in [6, 6.07) is 19.2.